The first kappa shape index (κ1) is 12.5. The molecule has 19 heavy (non-hydrogen) atoms. The zero-order valence-electron chi connectivity index (χ0n) is 10.8. The quantitative estimate of drug-likeness (QED) is 0.895. The predicted molar refractivity (Wildman–Crippen MR) is 76.6 cm³/mol. The molecule has 2 aliphatic heterocycles. The van der Waals surface area contributed by atoms with E-state index in [2.05, 4.69) is 5.32 Å². The van der Waals surface area contributed by atoms with Gasteiger partial charge in [-0.3, -0.25) is 9.59 Å². The third-order valence-corrected chi connectivity index (χ3v) is 4.90. The highest BCUT2D eigenvalue weighted by molar-refractivity contribution is 7.99. The number of thioether (sulfide) groups is 1. The largest absolute Gasteiger partial charge is 0.338 e. The number of carbonyl (C=O) groups is 2. The van der Waals surface area contributed by atoms with Gasteiger partial charge in [-0.25, -0.2) is 0 Å². The van der Waals surface area contributed by atoms with Crippen molar-refractivity contribution in [3.8, 4) is 0 Å². The molecule has 0 aliphatic carbocycles. The highest BCUT2D eigenvalue weighted by Crippen LogP contribution is 2.26. The lowest BCUT2D eigenvalue weighted by Crippen LogP contribution is -2.36. The number of hydrogen-bond acceptors (Lipinski definition) is 3. The summed E-state index contributed by atoms with van der Waals surface area (Å²) in [6.45, 7) is 0. The summed E-state index contributed by atoms with van der Waals surface area (Å²) in [6.07, 6.45) is 1.44. The van der Waals surface area contributed by atoms with Gasteiger partial charge in [-0.1, -0.05) is 0 Å². The normalized spacial score (nSPS) is 21.1. The molecule has 2 amide bonds. The van der Waals surface area contributed by atoms with Gasteiger partial charge in [0.05, 0.1) is 6.42 Å². The van der Waals surface area contributed by atoms with Crippen LogP contribution in [0.1, 0.15) is 22.3 Å². The van der Waals surface area contributed by atoms with Gasteiger partial charge in [0.1, 0.15) is 0 Å². The number of fused-ring (bicyclic) bond motifs is 1. The van der Waals surface area contributed by atoms with Crippen LogP contribution in [0.5, 0.6) is 0 Å². The van der Waals surface area contributed by atoms with Crippen LogP contribution in [0.25, 0.3) is 0 Å². The van der Waals surface area contributed by atoms with Crippen LogP contribution >= 0.6 is 11.8 Å². The number of benzene rings is 1. The van der Waals surface area contributed by atoms with Gasteiger partial charge in [0.15, 0.2) is 0 Å². The number of nitrogens with one attached hydrogen (secondary N) is 1. The van der Waals surface area contributed by atoms with Crippen LogP contribution < -0.4 is 5.32 Å². The molecule has 1 fully saturated rings. The number of hydrogen-bond donors (Lipinski definition) is 1. The fourth-order valence-electron chi connectivity index (χ4n) is 2.56. The van der Waals surface area contributed by atoms with Crippen molar-refractivity contribution in [3.63, 3.8) is 0 Å². The van der Waals surface area contributed by atoms with E-state index in [4.69, 9.17) is 0 Å². The first-order valence-electron chi connectivity index (χ1n) is 6.43. The maximum absolute atomic E-state index is 12.4. The second-order valence-corrected chi connectivity index (χ2v) is 6.18. The molecular formula is C14H16N2O2S. The average Bonchev–Trinajstić information content (AvgIpc) is 3.03. The Hall–Kier alpha value is -1.49. The zero-order chi connectivity index (χ0) is 13.4. The first-order valence-corrected chi connectivity index (χ1v) is 7.58. The predicted octanol–water partition coefficient (Wildman–Crippen LogP) is 1.76. The monoisotopic (exact) mass is 276 g/mol. The lowest BCUT2D eigenvalue weighted by Gasteiger charge is -2.24. The molecule has 0 bridgehead atoms. The minimum Gasteiger partial charge on any atom is -0.338 e. The molecule has 1 atom stereocenters. The van der Waals surface area contributed by atoms with Gasteiger partial charge in [0, 0.05) is 30.1 Å². The molecule has 2 aliphatic rings. The molecule has 2 heterocycles. The summed E-state index contributed by atoms with van der Waals surface area (Å²) in [7, 11) is 1.87. The Bertz CT molecular complexity index is 538. The van der Waals surface area contributed by atoms with Crippen molar-refractivity contribution in [2.75, 3.05) is 23.9 Å². The van der Waals surface area contributed by atoms with Crippen LogP contribution in [0.15, 0.2) is 18.2 Å². The summed E-state index contributed by atoms with van der Waals surface area (Å²) in [4.78, 5) is 25.6. The molecule has 1 N–H and O–H groups in total. The van der Waals surface area contributed by atoms with Crippen molar-refractivity contribution in [2.45, 2.75) is 18.9 Å². The summed E-state index contributed by atoms with van der Waals surface area (Å²) >= 11 is 1.89. The Morgan fingerprint density at radius 2 is 2.32 bits per heavy atom. The molecule has 5 heteroatoms. The van der Waals surface area contributed by atoms with Gasteiger partial charge in [-0.15, -0.1) is 0 Å². The number of rotatable bonds is 2. The molecule has 4 nitrogen and oxygen atoms in total. The van der Waals surface area contributed by atoms with E-state index in [1.165, 1.54) is 0 Å². The number of anilines is 1. The molecule has 0 aromatic heterocycles. The van der Waals surface area contributed by atoms with Crippen molar-refractivity contribution < 1.29 is 9.59 Å². The maximum Gasteiger partial charge on any atom is 0.253 e. The molecular weight excluding hydrogens is 260 g/mol. The molecule has 1 unspecified atom stereocenters. The fourth-order valence-corrected chi connectivity index (χ4v) is 3.83. The Labute approximate surface area is 116 Å². The Balaban J connectivity index is 1.80. The van der Waals surface area contributed by atoms with E-state index in [9.17, 15) is 9.59 Å². The van der Waals surface area contributed by atoms with Gasteiger partial charge in [0.2, 0.25) is 5.91 Å². The van der Waals surface area contributed by atoms with Crippen molar-refractivity contribution in [3.05, 3.63) is 29.3 Å². The van der Waals surface area contributed by atoms with Crippen molar-refractivity contribution in [2.24, 2.45) is 0 Å². The number of carbonyl (C=O) groups excluding carboxylic acids is 2. The van der Waals surface area contributed by atoms with Gasteiger partial charge in [0.25, 0.3) is 5.91 Å². The van der Waals surface area contributed by atoms with E-state index in [1.54, 1.807) is 6.07 Å². The van der Waals surface area contributed by atoms with Crippen LogP contribution in [-0.4, -0.2) is 41.3 Å². The van der Waals surface area contributed by atoms with Gasteiger partial charge >= 0.3 is 0 Å². The van der Waals surface area contributed by atoms with E-state index in [1.807, 2.05) is 35.8 Å². The molecule has 100 valence electrons. The van der Waals surface area contributed by atoms with E-state index in [0.29, 0.717) is 18.0 Å². The highest BCUT2D eigenvalue weighted by atomic mass is 32.2. The number of amides is 2. The summed E-state index contributed by atoms with van der Waals surface area (Å²) in [6, 6.07) is 5.80. The van der Waals surface area contributed by atoms with Gasteiger partial charge in [-0.05, 0) is 35.9 Å². The number of nitrogens with zero attached hydrogens (tertiary/aromatic N) is 1. The third kappa shape index (κ3) is 2.34. The van der Waals surface area contributed by atoms with Crippen LogP contribution in [0, 0.1) is 0 Å². The van der Waals surface area contributed by atoms with Crippen LogP contribution in [0.4, 0.5) is 5.69 Å². The minimum atomic E-state index is 0.000136. The zero-order valence-corrected chi connectivity index (χ0v) is 11.6. The van der Waals surface area contributed by atoms with Gasteiger partial charge in [-0.2, -0.15) is 11.8 Å². The Kier molecular flexibility index (Phi) is 3.22. The Morgan fingerprint density at radius 3 is 3.05 bits per heavy atom. The fraction of sp³-hybridized carbons (Fsp3) is 0.429. The molecule has 1 saturated heterocycles. The van der Waals surface area contributed by atoms with E-state index in [0.717, 1.165) is 29.2 Å². The molecule has 3 rings (SSSR count). The molecule has 1 aromatic carbocycles. The summed E-state index contributed by atoms with van der Waals surface area (Å²) in [5.41, 5.74) is 2.43. The van der Waals surface area contributed by atoms with E-state index >= 15 is 0 Å². The first-order chi connectivity index (χ1) is 9.15. The van der Waals surface area contributed by atoms with Crippen LogP contribution in [0.2, 0.25) is 0 Å². The van der Waals surface area contributed by atoms with Crippen molar-refractivity contribution in [1.82, 2.24) is 4.90 Å². The van der Waals surface area contributed by atoms with Crippen LogP contribution in [-0.2, 0) is 11.2 Å². The highest BCUT2D eigenvalue weighted by Gasteiger charge is 2.26. The van der Waals surface area contributed by atoms with Gasteiger partial charge < -0.3 is 10.2 Å². The SMILES string of the molecule is CN(C(=O)c1ccc2c(c1)CC(=O)N2)C1CCSC1. The molecule has 0 saturated carbocycles. The lowest BCUT2D eigenvalue weighted by atomic mass is 10.1. The minimum absolute atomic E-state index is 0.000136. The van der Waals surface area contributed by atoms with E-state index < -0.39 is 0 Å². The van der Waals surface area contributed by atoms with Crippen LogP contribution in [0.3, 0.4) is 0 Å². The molecule has 1 aromatic rings. The van der Waals surface area contributed by atoms with Crippen molar-refractivity contribution >= 4 is 29.3 Å². The van der Waals surface area contributed by atoms with E-state index in [-0.39, 0.29) is 11.8 Å². The summed E-state index contributed by atoms with van der Waals surface area (Å²) < 4.78 is 0. The topological polar surface area (TPSA) is 49.4 Å². The van der Waals surface area contributed by atoms with Crippen molar-refractivity contribution in [1.29, 1.82) is 0 Å². The smallest absolute Gasteiger partial charge is 0.253 e. The summed E-state index contributed by atoms with van der Waals surface area (Å²) in [5, 5.41) is 2.78. The lowest BCUT2D eigenvalue weighted by molar-refractivity contribution is -0.115. The third-order valence-electron chi connectivity index (χ3n) is 3.75. The average molecular weight is 276 g/mol. The standard InChI is InChI=1S/C14H16N2O2S/c1-16(11-4-5-19-8-11)14(18)9-2-3-12-10(6-9)7-13(17)15-12/h2-3,6,11H,4-5,7-8H2,1H3,(H,15,17). The second kappa shape index (κ2) is 4.89. The molecule has 0 radical (unpaired) electrons. The second-order valence-electron chi connectivity index (χ2n) is 5.03. The maximum atomic E-state index is 12.4. The Morgan fingerprint density at radius 1 is 1.47 bits per heavy atom. The molecule has 0 spiro atoms. The summed E-state index contributed by atoms with van der Waals surface area (Å²) in [5.74, 6) is 2.20.